The molecule has 2 atom stereocenters. The summed E-state index contributed by atoms with van der Waals surface area (Å²) in [5, 5.41) is 0. The molecule has 2 N–H and O–H groups in total. The lowest BCUT2D eigenvalue weighted by atomic mass is 9.86. The fraction of sp³-hybridized carbons (Fsp3) is 0.667. The number of carbonyl (C=O) groups excluding carboxylic acids is 1. The van der Waals surface area contributed by atoms with E-state index in [-0.39, 0.29) is 47.8 Å². The third-order valence-corrected chi connectivity index (χ3v) is 7.84. The molecule has 3 rings (SSSR count). The minimum absolute atomic E-state index is 0.000174. The summed E-state index contributed by atoms with van der Waals surface area (Å²) in [6.45, 7) is 1.45. The molecule has 2 fully saturated rings. The van der Waals surface area contributed by atoms with Crippen molar-refractivity contribution >= 4 is 15.7 Å². The Balaban J connectivity index is 1.44. The first kappa shape index (κ1) is 24.0. The van der Waals surface area contributed by atoms with Crippen LogP contribution >= 0.6 is 0 Å². The second-order valence-electron chi connectivity index (χ2n) is 8.44. The van der Waals surface area contributed by atoms with E-state index in [1.165, 1.54) is 0 Å². The van der Waals surface area contributed by atoms with Crippen LogP contribution in [-0.4, -0.2) is 62.6 Å². The molecule has 2 aliphatic heterocycles. The summed E-state index contributed by atoms with van der Waals surface area (Å²) in [6, 6.07) is 0.898. The maximum atomic E-state index is 13.9. The molecule has 1 aromatic carbocycles. The molecule has 1 aromatic rings. The lowest BCUT2D eigenvalue weighted by Gasteiger charge is -2.35. The molecule has 0 spiro atoms. The molecule has 0 aromatic heterocycles. The third kappa shape index (κ3) is 6.66. The van der Waals surface area contributed by atoms with Crippen molar-refractivity contribution in [2.24, 2.45) is 11.7 Å². The van der Waals surface area contributed by atoms with E-state index < -0.39 is 33.3 Å². The number of ether oxygens (including phenoxy) is 1. The van der Waals surface area contributed by atoms with Gasteiger partial charge in [-0.2, -0.15) is 0 Å². The number of amides is 1. The van der Waals surface area contributed by atoms with Crippen molar-refractivity contribution in [2.75, 3.05) is 31.2 Å². The van der Waals surface area contributed by atoms with E-state index in [0.29, 0.717) is 38.6 Å². The van der Waals surface area contributed by atoms with Gasteiger partial charge in [0.05, 0.1) is 17.6 Å². The molecular formula is C21H29F3N2O4S. The SMILES string of the molecule is NC(Cc1cc(F)c(F)cc1F)C1CCN(C(=O)CCS(=O)(=O)CC2CCCO2)CC1. The van der Waals surface area contributed by atoms with Crippen LogP contribution in [0.1, 0.15) is 37.7 Å². The average molecular weight is 463 g/mol. The second-order valence-corrected chi connectivity index (χ2v) is 10.7. The molecule has 2 heterocycles. The molecule has 6 nitrogen and oxygen atoms in total. The number of rotatable bonds is 8. The van der Waals surface area contributed by atoms with Gasteiger partial charge in [-0.05, 0) is 49.7 Å². The third-order valence-electron chi connectivity index (χ3n) is 6.13. The van der Waals surface area contributed by atoms with E-state index in [1.54, 1.807) is 4.90 Å². The van der Waals surface area contributed by atoms with Crippen LogP contribution in [0.15, 0.2) is 12.1 Å². The van der Waals surface area contributed by atoms with Crippen LogP contribution < -0.4 is 5.73 Å². The van der Waals surface area contributed by atoms with Gasteiger partial charge in [-0.1, -0.05) is 0 Å². The van der Waals surface area contributed by atoms with Crippen molar-refractivity contribution in [1.29, 1.82) is 0 Å². The Morgan fingerprint density at radius 3 is 2.45 bits per heavy atom. The van der Waals surface area contributed by atoms with E-state index in [2.05, 4.69) is 0 Å². The van der Waals surface area contributed by atoms with Gasteiger partial charge in [0, 0.05) is 38.2 Å². The first-order valence-corrected chi connectivity index (χ1v) is 12.5. The number of hydrogen-bond donors (Lipinski definition) is 1. The molecule has 10 heteroatoms. The lowest BCUT2D eigenvalue weighted by molar-refractivity contribution is -0.132. The Hall–Kier alpha value is -1.65. The minimum atomic E-state index is -3.35. The van der Waals surface area contributed by atoms with Gasteiger partial charge in [0.1, 0.15) is 5.82 Å². The van der Waals surface area contributed by atoms with Crippen molar-refractivity contribution in [2.45, 2.75) is 50.7 Å². The fourth-order valence-corrected chi connectivity index (χ4v) is 5.74. The van der Waals surface area contributed by atoms with Crippen LogP contribution in [0.2, 0.25) is 0 Å². The van der Waals surface area contributed by atoms with Crippen LogP contribution in [0, 0.1) is 23.4 Å². The Bertz CT molecular complexity index is 883. The molecule has 0 aliphatic carbocycles. The number of halogens is 3. The standard InChI is InChI=1S/C21H29F3N2O4S/c22-17-12-19(24)18(23)10-15(17)11-20(25)14-3-6-26(7-4-14)21(27)5-9-31(28,29)13-16-2-1-8-30-16/h10,12,14,16,20H,1-9,11,13,25H2. The van der Waals surface area contributed by atoms with Crippen molar-refractivity contribution in [3.05, 3.63) is 35.1 Å². The predicted molar refractivity (Wildman–Crippen MR) is 110 cm³/mol. The summed E-state index contributed by atoms with van der Waals surface area (Å²) >= 11 is 0. The van der Waals surface area contributed by atoms with Gasteiger partial charge >= 0.3 is 0 Å². The van der Waals surface area contributed by atoms with E-state index in [0.717, 1.165) is 18.9 Å². The normalized spacial score (nSPS) is 21.4. The van der Waals surface area contributed by atoms with Gasteiger partial charge in [-0.15, -0.1) is 0 Å². The Morgan fingerprint density at radius 2 is 1.81 bits per heavy atom. The number of nitrogens with two attached hydrogens (primary N) is 1. The number of carbonyl (C=O) groups is 1. The van der Waals surface area contributed by atoms with Gasteiger partial charge in [0.25, 0.3) is 0 Å². The topological polar surface area (TPSA) is 89.7 Å². The van der Waals surface area contributed by atoms with Crippen molar-refractivity contribution in [3.8, 4) is 0 Å². The molecule has 1 amide bonds. The molecule has 31 heavy (non-hydrogen) atoms. The summed E-state index contributed by atoms with van der Waals surface area (Å²) in [7, 11) is -3.35. The lowest BCUT2D eigenvalue weighted by Crippen LogP contribution is -2.44. The van der Waals surface area contributed by atoms with Gasteiger partial charge in [0.2, 0.25) is 5.91 Å². The number of likely N-dealkylation sites (tertiary alicyclic amines) is 1. The van der Waals surface area contributed by atoms with E-state index in [1.807, 2.05) is 0 Å². The smallest absolute Gasteiger partial charge is 0.223 e. The molecule has 2 saturated heterocycles. The van der Waals surface area contributed by atoms with Crippen LogP contribution in [0.3, 0.4) is 0 Å². The van der Waals surface area contributed by atoms with Crippen molar-refractivity contribution in [3.63, 3.8) is 0 Å². The fourth-order valence-electron chi connectivity index (χ4n) is 4.26. The van der Waals surface area contributed by atoms with Gasteiger partial charge < -0.3 is 15.4 Å². The molecule has 2 unspecified atom stereocenters. The number of nitrogens with zero attached hydrogens (tertiary/aromatic N) is 1. The van der Waals surface area contributed by atoms with Gasteiger partial charge in [0.15, 0.2) is 21.5 Å². The molecular weight excluding hydrogens is 433 g/mol. The van der Waals surface area contributed by atoms with E-state index >= 15 is 0 Å². The molecule has 2 aliphatic rings. The van der Waals surface area contributed by atoms with Gasteiger partial charge in [-0.3, -0.25) is 4.79 Å². The molecule has 174 valence electrons. The van der Waals surface area contributed by atoms with E-state index in [4.69, 9.17) is 10.5 Å². The quantitative estimate of drug-likeness (QED) is 0.599. The summed E-state index contributed by atoms with van der Waals surface area (Å²) < 4.78 is 70.1. The summed E-state index contributed by atoms with van der Waals surface area (Å²) in [5.41, 5.74) is 6.20. The highest BCUT2D eigenvalue weighted by molar-refractivity contribution is 7.91. The Kier molecular flexibility index (Phi) is 7.98. The monoisotopic (exact) mass is 462 g/mol. The predicted octanol–water partition coefficient (Wildman–Crippen LogP) is 2.20. The maximum Gasteiger partial charge on any atom is 0.223 e. The van der Waals surface area contributed by atoms with Gasteiger partial charge in [-0.25, -0.2) is 21.6 Å². The molecule has 0 saturated carbocycles. The zero-order valence-electron chi connectivity index (χ0n) is 17.4. The van der Waals surface area contributed by atoms with Crippen molar-refractivity contribution < 1.29 is 31.1 Å². The highest BCUT2D eigenvalue weighted by Crippen LogP contribution is 2.24. The number of benzene rings is 1. The first-order valence-electron chi connectivity index (χ1n) is 10.6. The average Bonchev–Trinajstić information content (AvgIpc) is 3.22. The van der Waals surface area contributed by atoms with Crippen LogP contribution in [-0.2, 0) is 25.8 Å². The number of sulfone groups is 1. The van der Waals surface area contributed by atoms with Crippen LogP contribution in [0.25, 0.3) is 0 Å². The Morgan fingerprint density at radius 1 is 1.13 bits per heavy atom. The summed E-state index contributed by atoms with van der Waals surface area (Å²) in [4.78, 5) is 14.1. The zero-order valence-corrected chi connectivity index (χ0v) is 18.2. The van der Waals surface area contributed by atoms with Crippen molar-refractivity contribution in [1.82, 2.24) is 4.90 Å². The number of hydrogen-bond acceptors (Lipinski definition) is 5. The Labute approximate surface area is 180 Å². The number of piperidine rings is 1. The highest BCUT2D eigenvalue weighted by atomic mass is 32.2. The second kappa shape index (κ2) is 10.3. The maximum absolute atomic E-state index is 13.9. The zero-order chi connectivity index (χ0) is 22.6. The largest absolute Gasteiger partial charge is 0.377 e. The summed E-state index contributed by atoms with van der Waals surface area (Å²) in [6.07, 6.45) is 2.50. The van der Waals surface area contributed by atoms with Crippen LogP contribution in [0.4, 0.5) is 13.2 Å². The highest BCUT2D eigenvalue weighted by Gasteiger charge is 2.29. The molecule has 0 bridgehead atoms. The van der Waals surface area contributed by atoms with E-state index in [9.17, 15) is 26.4 Å². The first-order chi connectivity index (χ1) is 14.6. The minimum Gasteiger partial charge on any atom is -0.377 e. The molecule has 0 radical (unpaired) electrons. The van der Waals surface area contributed by atoms with Crippen LogP contribution in [0.5, 0.6) is 0 Å². The summed E-state index contributed by atoms with van der Waals surface area (Å²) in [5.74, 6) is -3.63.